The summed E-state index contributed by atoms with van der Waals surface area (Å²) in [5.74, 6) is 0. The van der Waals surface area contributed by atoms with Crippen molar-refractivity contribution in [3.63, 3.8) is 0 Å². The van der Waals surface area contributed by atoms with Crippen LogP contribution in [0.2, 0.25) is 10.0 Å². The molecule has 7 heteroatoms. The predicted molar refractivity (Wildman–Crippen MR) is 87.3 cm³/mol. The molecule has 0 aliphatic carbocycles. The molecular weight excluding hydrogens is 331 g/mol. The van der Waals surface area contributed by atoms with Crippen molar-refractivity contribution in [1.29, 1.82) is 0 Å². The predicted octanol–water partition coefficient (Wildman–Crippen LogP) is 3.78. The number of benzene rings is 1. The van der Waals surface area contributed by atoms with E-state index < -0.39 is 10.0 Å². The van der Waals surface area contributed by atoms with Gasteiger partial charge < -0.3 is 5.73 Å². The van der Waals surface area contributed by atoms with Crippen LogP contribution >= 0.6 is 23.2 Å². The van der Waals surface area contributed by atoms with Gasteiger partial charge in [-0.05, 0) is 36.8 Å². The highest BCUT2D eigenvalue weighted by atomic mass is 35.5. The van der Waals surface area contributed by atoms with Crippen molar-refractivity contribution in [3.8, 4) is 0 Å². The number of hydrogen-bond donors (Lipinski definition) is 1. The van der Waals surface area contributed by atoms with E-state index in [1.54, 1.807) is 0 Å². The molecule has 21 heavy (non-hydrogen) atoms. The molecule has 0 amide bonds. The Morgan fingerprint density at radius 1 is 1.29 bits per heavy atom. The highest BCUT2D eigenvalue weighted by Crippen LogP contribution is 2.41. The zero-order valence-corrected chi connectivity index (χ0v) is 14.5. The van der Waals surface area contributed by atoms with Crippen LogP contribution in [0.1, 0.15) is 33.1 Å². The first-order valence-electron chi connectivity index (χ1n) is 7.01. The van der Waals surface area contributed by atoms with Gasteiger partial charge in [0, 0.05) is 13.1 Å². The number of halogens is 2. The van der Waals surface area contributed by atoms with Crippen molar-refractivity contribution in [2.24, 2.45) is 5.41 Å². The van der Waals surface area contributed by atoms with Gasteiger partial charge in [0.2, 0.25) is 10.0 Å². The largest absolute Gasteiger partial charge is 0.396 e. The SMILES string of the molecule is CCC1(CC)CCN(S(=O)(=O)c2ccc(Cl)c(N)c2Cl)C1. The number of rotatable bonds is 4. The first kappa shape index (κ1) is 16.9. The Hall–Kier alpha value is -0.490. The molecule has 1 aromatic carbocycles. The molecule has 2 N–H and O–H groups in total. The Morgan fingerprint density at radius 3 is 2.43 bits per heavy atom. The Labute approximate surface area is 136 Å². The van der Waals surface area contributed by atoms with E-state index in [9.17, 15) is 8.42 Å². The van der Waals surface area contributed by atoms with Crippen molar-refractivity contribution in [2.75, 3.05) is 18.8 Å². The number of nitrogens with zero attached hydrogens (tertiary/aromatic N) is 1. The fraction of sp³-hybridized carbons (Fsp3) is 0.571. The van der Waals surface area contributed by atoms with Crippen LogP contribution in [0.25, 0.3) is 0 Å². The molecule has 0 aromatic heterocycles. The molecule has 118 valence electrons. The lowest BCUT2D eigenvalue weighted by molar-refractivity contribution is 0.279. The van der Waals surface area contributed by atoms with Crippen molar-refractivity contribution >= 4 is 38.9 Å². The zero-order valence-electron chi connectivity index (χ0n) is 12.2. The highest BCUT2D eigenvalue weighted by molar-refractivity contribution is 7.89. The minimum Gasteiger partial charge on any atom is -0.396 e. The summed E-state index contributed by atoms with van der Waals surface area (Å²) in [6, 6.07) is 2.90. The van der Waals surface area contributed by atoms with Crippen molar-refractivity contribution in [3.05, 3.63) is 22.2 Å². The zero-order chi connectivity index (χ0) is 15.8. The fourth-order valence-electron chi connectivity index (χ4n) is 2.81. The quantitative estimate of drug-likeness (QED) is 0.840. The van der Waals surface area contributed by atoms with Gasteiger partial charge >= 0.3 is 0 Å². The first-order valence-corrected chi connectivity index (χ1v) is 9.20. The molecular formula is C14H20Cl2N2O2S. The summed E-state index contributed by atoms with van der Waals surface area (Å²) in [5, 5.41) is 0.268. The summed E-state index contributed by atoms with van der Waals surface area (Å²) in [6.45, 7) is 5.25. The molecule has 0 spiro atoms. The molecule has 0 saturated carbocycles. The van der Waals surface area contributed by atoms with E-state index in [0.717, 1.165) is 19.3 Å². The minimum absolute atomic E-state index is 0.00740. The molecule has 0 unspecified atom stereocenters. The van der Waals surface area contributed by atoms with E-state index >= 15 is 0 Å². The maximum absolute atomic E-state index is 12.8. The van der Waals surface area contributed by atoms with Crippen molar-refractivity contribution < 1.29 is 8.42 Å². The maximum Gasteiger partial charge on any atom is 0.244 e. The summed E-state index contributed by atoms with van der Waals surface area (Å²) >= 11 is 12.0. The molecule has 1 aliphatic rings. The van der Waals surface area contributed by atoms with Gasteiger partial charge in [0.25, 0.3) is 0 Å². The topological polar surface area (TPSA) is 63.4 Å². The van der Waals surface area contributed by atoms with E-state index in [2.05, 4.69) is 13.8 Å². The van der Waals surface area contributed by atoms with Gasteiger partial charge in [-0.2, -0.15) is 4.31 Å². The summed E-state index contributed by atoms with van der Waals surface area (Å²) < 4.78 is 27.1. The molecule has 0 atom stereocenters. The van der Waals surface area contributed by atoms with Gasteiger partial charge in [-0.25, -0.2) is 8.42 Å². The van der Waals surface area contributed by atoms with E-state index in [1.165, 1.54) is 16.4 Å². The Kier molecular flexibility index (Phi) is 4.78. The van der Waals surface area contributed by atoms with Gasteiger partial charge in [0.05, 0.1) is 15.7 Å². The summed E-state index contributed by atoms with van der Waals surface area (Å²) in [4.78, 5) is 0.0362. The molecule has 4 nitrogen and oxygen atoms in total. The van der Waals surface area contributed by atoms with Crippen LogP contribution in [0.4, 0.5) is 5.69 Å². The second-order valence-electron chi connectivity index (χ2n) is 5.57. The number of anilines is 1. The van der Waals surface area contributed by atoms with Crippen LogP contribution in [0.15, 0.2) is 17.0 Å². The summed E-state index contributed by atoms with van der Waals surface area (Å²) in [5.41, 5.74) is 5.91. The van der Waals surface area contributed by atoms with Crippen LogP contribution in [-0.2, 0) is 10.0 Å². The first-order chi connectivity index (χ1) is 9.77. The molecule has 1 fully saturated rings. The standard InChI is InChI=1S/C14H20Cl2N2O2S/c1-3-14(4-2)7-8-18(9-14)21(19,20)11-6-5-10(15)13(17)12(11)16/h5-6H,3-4,7-9,17H2,1-2H3. The number of sulfonamides is 1. The molecule has 1 aliphatic heterocycles. The number of nitrogen functional groups attached to an aromatic ring is 1. The molecule has 1 aromatic rings. The normalized spacial score (nSPS) is 19.0. The van der Waals surface area contributed by atoms with Crippen LogP contribution in [-0.4, -0.2) is 25.8 Å². The van der Waals surface area contributed by atoms with Crippen molar-refractivity contribution in [1.82, 2.24) is 4.31 Å². The van der Waals surface area contributed by atoms with Crippen LogP contribution in [0.5, 0.6) is 0 Å². The van der Waals surface area contributed by atoms with Crippen LogP contribution in [0, 0.1) is 5.41 Å². The lowest BCUT2D eigenvalue weighted by Gasteiger charge is -2.26. The van der Waals surface area contributed by atoms with Gasteiger partial charge in [0.1, 0.15) is 4.90 Å². The van der Waals surface area contributed by atoms with Gasteiger partial charge in [-0.15, -0.1) is 0 Å². The fourth-order valence-corrected chi connectivity index (χ4v) is 5.11. The third-order valence-electron chi connectivity index (χ3n) is 4.61. The summed E-state index contributed by atoms with van der Waals surface area (Å²) in [7, 11) is -3.64. The molecule has 2 rings (SSSR count). The number of hydrogen-bond acceptors (Lipinski definition) is 3. The van der Waals surface area contributed by atoms with Gasteiger partial charge in [-0.3, -0.25) is 0 Å². The van der Waals surface area contributed by atoms with E-state index in [1.807, 2.05) is 0 Å². The third kappa shape index (κ3) is 2.89. The van der Waals surface area contributed by atoms with Crippen LogP contribution in [0.3, 0.4) is 0 Å². The lowest BCUT2D eigenvalue weighted by atomic mass is 9.82. The van der Waals surface area contributed by atoms with E-state index in [0.29, 0.717) is 13.1 Å². The second-order valence-corrected chi connectivity index (χ2v) is 8.26. The highest BCUT2D eigenvalue weighted by Gasteiger charge is 2.41. The smallest absolute Gasteiger partial charge is 0.244 e. The van der Waals surface area contributed by atoms with Crippen molar-refractivity contribution in [2.45, 2.75) is 38.0 Å². The molecule has 0 radical (unpaired) electrons. The monoisotopic (exact) mass is 350 g/mol. The number of nitrogens with two attached hydrogens (primary N) is 1. The second kappa shape index (κ2) is 5.95. The van der Waals surface area contributed by atoms with Gasteiger partial charge in [0.15, 0.2) is 0 Å². The Bertz CT molecular complexity index is 643. The average Bonchev–Trinajstić information content (AvgIpc) is 2.90. The third-order valence-corrected chi connectivity index (χ3v) is 7.35. The Morgan fingerprint density at radius 2 is 1.90 bits per heavy atom. The molecule has 1 saturated heterocycles. The van der Waals surface area contributed by atoms with E-state index in [4.69, 9.17) is 28.9 Å². The Balaban J connectivity index is 2.39. The summed E-state index contributed by atoms with van der Waals surface area (Å²) in [6.07, 6.45) is 2.80. The maximum atomic E-state index is 12.8. The van der Waals surface area contributed by atoms with E-state index in [-0.39, 0.29) is 26.0 Å². The van der Waals surface area contributed by atoms with Gasteiger partial charge in [-0.1, -0.05) is 37.0 Å². The minimum atomic E-state index is -3.64. The molecule has 1 heterocycles. The lowest BCUT2D eigenvalue weighted by Crippen LogP contribution is -2.32. The average molecular weight is 351 g/mol. The molecule has 0 bridgehead atoms. The van der Waals surface area contributed by atoms with Crippen LogP contribution < -0.4 is 5.73 Å².